The maximum atomic E-state index is 12.7. The molecule has 9 nitrogen and oxygen atoms in total. The molecule has 9 heteroatoms. The van der Waals surface area contributed by atoms with Crippen molar-refractivity contribution >= 4 is 17.6 Å². The minimum atomic E-state index is -0.642. The van der Waals surface area contributed by atoms with Crippen molar-refractivity contribution in [3.63, 3.8) is 0 Å². The van der Waals surface area contributed by atoms with Gasteiger partial charge in [-0.2, -0.15) is 5.26 Å². The van der Waals surface area contributed by atoms with Crippen molar-refractivity contribution in [1.29, 1.82) is 5.26 Å². The fourth-order valence-corrected chi connectivity index (χ4v) is 3.43. The lowest BCUT2D eigenvalue weighted by Gasteiger charge is -2.24. The highest BCUT2D eigenvalue weighted by Gasteiger charge is 2.25. The van der Waals surface area contributed by atoms with E-state index in [0.29, 0.717) is 36.2 Å². The van der Waals surface area contributed by atoms with Gasteiger partial charge in [0.1, 0.15) is 23.5 Å². The maximum Gasteiger partial charge on any atom is 0.340 e. The van der Waals surface area contributed by atoms with Crippen LogP contribution >= 0.6 is 0 Å². The molecule has 1 fully saturated rings. The number of aromatic nitrogens is 3. The van der Waals surface area contributed by atoms with Crippen molar-refractivity contribution in [3.8, 4) is 23.1 Å². The Labute approximate surface area is 185 Å². The molecule has 162 valence electrons. The molecule has 1 saturated heterocycles. The van der Waals surface area contributed by atoms with E-state index in [1.54, 1.807) is 48.9 Å². The van der Waals surface area contributed by atoms with Gasteiger partial charge in [0.2, 0.25) is 5.95 Å². The lowest BCUT2D eigenvalue weighted by atomic mass is 9.98. The number of nitrogens with one attached hydrogen (secondary N) is 1. The molecule has 4 rings (SSSR count). The summed E-state index contributed by atoms with van der Waals surface area (Å²) in [6, 6.07) is 10.7. The van der Waals surface area contributed by atoms with Gasteiger partial charge in [-0.15, -0.1) is 0 Å². The third kappa shape index (κ3) is 4.66. The predicted molar refractivity (Wildman–Crippen MR) is 116 cm³/mol. The Bertz CT molecular complexity index is 1140. The first-order chi connectivity index (χ1) is 15.7. The predicted octanol–water partition coefficient (Wildman–Crippen LogP) is 3.50. The number of methoxy groups -OCH3 is 1. The minimum Gasteiger partial charge on any atom is -0.489 e. The Morgan fingerprint density at radius 1 is 1.16 bits per heavy atom. The number of pyridine rings is 1. The number of esters is 1. The molecule has 0 spiro atoms. The second-order valence-electron chi connectivity index (χ2n) is 7.02. The number of hydrogen-bond donors (Lipinski definition) is 1. The molecule has 0 saturated carbocycles. The van der Waals surface area contributed by atoms with Crippen molar-refractivity contribution in [3.05, 3.63) is 60.0 Å². The summed E-state index contributed by atoms with van der Waals surface area (Å²) in [5, 5.41) is 13.0. The van der Waals surface area contributed by atoms with E-state index in [9.17, 15) is 10.1 Å². The Kier molecular flexibility index (Phi) is 6.53. The quantitative estimate of drug-likeness (QED) is 0.585. The number of ether oxygens (including phenoxy) is 3. The molecule has 0 atom stereocenters. The number of carbonyl (C=O) groups is 1. The maximum absolute atomic E-state index is 12.7. The van der Waals surface area contributed by atoms with Gasteiger partial charge in [-0.05, 0) is 30.3 Å². The second-order valence-corrected chi connectivity index (χ2v) is 7.02. The number of hydrogen-bond acceptors (Lipinski definition) is 9. The zero-order valence-electron chi connectivity index (χ0n) is 17.4. The van der Waals surface area contributed by atoms with Gasteiger partial charge in [0.15, 0.2) is 0 Å². The average Bonchev–Trinajstić information content (AvgIpc) is 2.84. The highest BCUT2D eigenvalue weighted by Crippen LogP contribution is 2.33. The number of rotatable bonds is 6. The Morgan fingerprint density at radius 3 is 2.66 bits per heavy atom. The standard InChI is InChI=1S/C23H21N5O4/c1-30-22(29)21-17(2-3-20(18(21)14-24)32-16-7-12-31-13-8-16)19-6-11-26-23(28-19)27-15-4-9-25-10-5-15/h2-6,9-11,16H,7-8,12-13H2,1H3,(H,25,26,27,28). The molecule has 3 aromatic rings. The van der Waals surface area contributed by atoms with Crippen molar-refractivity contribution in [2.24, 2.45) is 0 Å². The minimum absolute atomic E-state index is 0.0811. The van der Waals surface area contributed by atoms with E-state index < -0.39 is 5.97 Å². The molecule has 1 aliphatic heterocycles. The lowest BCUT2D eigenvalue weighted by molar-refractivity contribution is 0.0253. The van der Waals surface area contributed by atoms with Crippen molar-refractivity contribution in [1.82, 2.24) is 15.0 Å². The van der Waals surface area contributed by atoms with Crippen molar-refractivity contribution < 1.29 is 19.0 Å². The fourth-order valence-electron chi connectivity index (χ4n) is 3.43. The molecule has 1 aliphatic rings. The van der Waals surface area contributed by atoms with Gasteiger partial charge in [0.05, 0.1) is 31.6 Å². The largest absolute Gasteiger partial charge is 0.489 e. The molecule has 2 aromatic heterocycles. The molecule has 1 aromatic carbocycles. The normalized spacial score (nSPS) is 13.8. The summed E-state index contributed by atoms with van der Waals surface area (Å²) in [7, 11) is 1.27. The van der Waals surface area contributed by atoms with E-state index in [0.717, 1.165) is 18.5 Å². The molecule has 0 radical (unpaired) electrons. The third-order valence-corrected chi connectivity index (χ3v) is 5.00. The summed E-state index contributed by atoms with van der Waals surface area (Å²) < 4.78 is 16.4. The first kappa shape index (κ1) is 21.2. The van der Waals surface area contributed by atoms with Gasteiger partial charge in [-0.1, -0.05) is 0 Å². The Morgan fingerprint density at radius 2 is 1.94 bits per heavy atom. The van der Waals surface area contributed by atoms with Gasteiger partial charge in [-0.25, -0.2) is 14.8 Å². The SMILES string of the molecule is COC(=O)c1c(-c2ccnc(Nc3ccncc3)n2)ccc(OC2CCOCC2)c1C#N. The first-order valence-electron chi connectivity index (χ1n) is 10.1. The second kappa shape index (κ2) is 9.85. The summed E-state index contributed by atoms with van der Waals surface area (Å²) in [4.78, 5) is 25.4. The monoisotopic (exact) mass is 431 g/mol. The van der Waals surface area contributed by atoms with E-state index in [2.05, 4.69) is 26.3 Å². The van der Waals surface area contributed by atoms with E-state index >= 15 is 0 Å². The van der Waals surface area contributed by atoms with Gasteiger partial charge < -0.3 is 19.5 Å². The molecule has 0 bridgehead atoms. The molecule has 3 heterocycles. The van der Waals surface area contributed by atoms with Gasteiger partial charge >= 0.3 is 5.97 Å². The van der Waals surface area contributed by atoms with Crippen molar-refractivity contribution in [2.75, 3.05) is 25.6 Å². The zero-order valence-corrected chi connectivity index (χ0v) is 17.4. The first-order valence-corrected chi connectivity index (χ1v) is 10.1. The van der Waals surface area contributed by atoms with Crippen molar-refractivity contribution in [2.45, 2.75) is 18.9 Å². The van der Waals surface area contributed by atoms with Gasteiger partial charge in [0.25, 0.3) is 0 Å². The fraction of sp³-hybridized carbons (Fsp3) is 0.261. The average molecular weight is 431 g/mol. The molecule has 32 heavy (non-hydrogen) atoms. The van der Waals surface area contributed by atoms with E-state index in [-0.39, 0.29) is 17.2 Å². The topological polar surface area (TPSA) is 119 Å². The van der Waals surface area contributed by atoms with Crippen LogP contribution in [0.3, 0.4) is 0 Å². The molecule has 1 N–H and O–H groups in total. The van der Waals surface area contributed by atoms with Crippen LogP contribution in [-0.2, 0) is 9.47 Å². The summed E-state index contributed by atoms with van der Waals surface area (Å²) in [6.07, 6.45) is 6.23. The highest BCUT2D eigenvalue weighted by atomic mass is 16.5. The van der Waals surface area contributed by atoms with Crippen LogP contribution < -0.4 is 10.1 Å². The molecule has 0 amide bonds. The zero-order chi connectivity index (χ0) is 22.3. The van der Waals surface area contributed by atoms with Gasteiger partial charge in [-0.3, -0.25) is 4.98 Å². The molecular formula is C23H21N5O4. The lowest BCUT2D eigenvalue weighted by Crippen LogP contribution is -2.26. The number of nitriles is 1. The summed E-state index contributed by atoms with van der Waals surface area (Å²) in [5.74, 6) is 0.0366. The Hall–Kier alpha value is -4.03. The van der Waals surface area contributed by atoms with Crippen LogP contribution in [0.2, 0.25) is 0 Å². The highest BCUT2D eigenvalue weighted by molar-refractivity contribution is 6.00. The molecule has 0 unspecified atom stereocenters. The van der Waals surface area contributed by atoms with Gasteiger partial charge in [0, 0.05) is 42.7 Å². The van der Waals surface area contributed by atoms with Crippen LogP contribution in [0.1, 0.15) is 28.8 Å². The smallest absolute Gasteiger partial charge is 0.340 e. The molecular weight excluding hydrogens is 410 g/mol. The number of nitrogens with zero attached hydrogens (tertiary/aromatic N) is 4. The van der Waals surface area contributed by atoms with Crippen LogP contribution in [0.15, 0.2) is 48.9 Å². The van der Waals surface area contributed by atoms with Crippen LogP contribution in [-0.4, -0.2) is 47.3 Å². The number of anilines is 2. The Balaban J connectivity index is 1.73. The van der Waals surface area contributed by atoms with E-state index in [1.165, 1.54) is 7.11 Å². The third-order valence-electron chi connectivity index (χ3n) is 5.00. The summed E-state index contributed by atoms with van der Waals surface area (Å²) in [6.45, 7) is 1.20. The van der Waals surface area contributed by atoms with E-state index in [4.69, 9.17) is 14.2 Å². The number of carbonyl (C=O) groups excluding carboxylic acids is 1. The number of benzene rings is 1. The summed E-state index contributed by atoms with van der Waals surface area (Å²) in [5.41, 5.74) is 1.90. The van der Waals surface area contributed by atoms with Crippen LogP contribution in [0.4, 0.5) is 11.6 Å². The van der Waals surface area contributed by atoms with Crippen LogP contribution in [0.5, 0.6) is 5.75 Å². The van der Waals surface area contributed by atoms with Crippen LogP contribution in [0.25, 0.3) is 11.3 Å². The summed E-state index contributed by atoms with van der Waals surface area (Å²) >= 11 is 0. The van der Waals surface area contributed by atoms with Crippen LogP contribution in [0, 0.1) is 11.3 Å². The molecule has 0 aliphatic carbocycles. The van der Waals surface area contributed by atoms with E-state index in [1.807, 2.05) is 0 Å².